The summed E-state index contributed by atoms with van der Waals surface area (Å²) in [6.45, 7) is 0. The molecule has 0 aliphatic heterocycles. The molecule has 0 atom stereocenters. The van der Waals surface area contributed by atoms with Crippen LogP contribution in [-0.2, 0) is 0 Å². The predicted molar refractivity (Wildman–Crippen MR) is 75.6 cm³/mol. The molecule has 0 unspecified atom stereocenters. The first kappa shape index (κ1) is 12.6. The Labute approximate surface area is 114 Å². The molecule has 3 heteroatoms. The lowest BCUT2D eigenvalue weighted by Crippen LogP contribution is -1.94. The van der Waals surface area contributed by atoms with Gasteiger partial charge in [-0.1, -0.05) is 46.3 Å². The van der Waals surface area contributed by atoms with Gasteiger partial charge < -0.3 is 5.11 Å². The van der Waals surface area contributed by atoms with Crippen LogP contribution in [0.25, 0.3) is 6.08 Å². The number of para-hydroxylation sites is 1. The fourth-order valence-electron chi connectivity index (χ4n) is 1.55. The highest BCUT2D eigenvalue weighted by Crippen LogP contribution is 2.19. The minimum atomic E-state index is -0.219. The molecule has 0 fully saturated rings. The van der Waals surface area contributed by atoms with Crippen molar-refractivity contribution in [3.05, 3.63) is 70.2 Å². The monoisotopic (exact) mass is 302 g/mol. The topological polar surface area (TPSA) is 37.3 Å². The fraction of sp³-hybridized carbons (Fsp3) is 0. The number of aromatic hydroxyl groups is 1. The van der Waals surface area contributed by atoms with Crippen molar-refractivity contribution in [2.75, 3.05) is 0 Å². The average molecular weight is 303 g/mol. The number of carbonyl (C=O) groups excluding carboxylic acids is 1. The summed E-state index contributed by atoms with van der Waals surface area (Å²) in [5.41, 5.74) is 1.22. The molecule has 0 saturated carbocycles. The minimum absolute atomic E-state index is 0.000669. The summed E-state index contributed by atoms with van der Waals surface area (Å²) < 4.78 is 0.923. The van der Waals surface area contributed by atoms with Crippen LogP contribution in [0.1, 0.15) is 15.9 Å². The van der Waals surface area contributed by atoms with E-state index in [1.54, 1.807) is 24.3 Å². The second-order valence-corrected chi connectivity index (χ2v) is 4.59. The first-order valence-corrected chi connectivity index (χ1v) is 6.23. The smallest absolute Gasteiger partial charge is 0.189 e. The van der Waals surface area contributed by atoms with Gasteiger partial charge in [-0.15, -0.1) is 0 Å². The molecule has 2 aromatic rings. The number of hydrogen-bond acceptors (Lipinski definition) is 2. The Balaban J connectivity index is 2.23. The van der Waals surface area contributed by atoms with Crippen LogP contribution in [-0.4, -0.2) is 10.9 Å². The van der Waals surface area contributed by atoms with E-state index in [0.29, 0.717) is 5.56 Å². The normalized spacial score (nSPS) is 10.7. The maximum absolute atomic E-state index is 11.9. The first-order valence-electron chi connectivity index (χ1n) is 5.43. The lowest BCUT2D eigenvalue weighted by molar-refractivity contribution is 0.104. The van der Waals surface area contributed by atoms with E-state index < -0.39 is 0 Å². The van der Waals surface area contributed by atoms with Crippen molar-refractivity contribution in [2.24, 2.45) is 0 Å². The number of ketones is 1. The van der Waals surface area contributed by atoms with Crippen molar-refractivity contribution in [3.8, 4) is 5.75 Å². The molecule has 0 aromatic heterocycles. The highest BCUT2D eigenvalue weighted by atomic mass is 79.9. The van der Waals surface area contributed by atoms with Crippen LogP contribution in [0.5, 0.6) is 5.75 Å². The van der Waals surface area contributed by atoms with Crippen molar-refractivity contribution in [2.45, 2.75) is 0 Å². The van der Waals surface area contributed by atoms with Crippen LogP contribution < -0.4 is 0 Å². The molecule has 2 aromatic carbocycles. The van der Waals surface area contributed by atoms with Crippen LogP contribution in [0.15, 0.2) is 59.1 Å². The largest absolute Gasteiger partial charge is 0.507 e. The van der Waals surface area contributed by atoms with Gasteiger partial charge in [0.15, 0.2) is 5.78 Å². The number of benzene rings is 2. The van der Waals surface area contributed by atoms with Gasteiger partial charge >= 0.3 is 0 Å². The molecule has 0 aliphatic carbocycles. The predicted octanol–water partition coefficient (Wildman–Crippen LogP) is 4.05. The summed E-state index contributed by atoms with van der Waals surface area (Å²) in [7, 11) is 0. The number of phenols is 1. The second kappa shape index (κ2) is 5.65. The third kappa shape index (κ3) is 2.87. The Hall–Kier alpha value is -1.87. The van der Waals surface area contributed by atoms with E-state index in [-0.39, 0.29) is 11.5 Å². The zero-order valence-electron chi connectivity index (χ0n) is 9.51. The zero-order chi connectivity index (χ0) is 13.0. The summed E-state index contributed by atoms with van der Waals surface area (Å²) in [6, 6.07) is 14.1. The van der Waals surface area contributed by atoms with Crippen molar-refractivity contribution in [1.82, 2.24) is 0 Å². The average Bonchev–Trinajstić information content (AvgIpc) is 2.38. The highest BCUT2D eigenvalue weighted by Gasteiger charge is 2.06. The van der Waals surface area contributed by atoms with Crippen LogP contribution in [0.3, 0.4) is 0 Å². The lowest BCUT2D eigenvalue weighted by atomic mass is 10.1. The van der Waals surface area contributed by atoms with Crippen LogP contribution in [0.4, 0.5) is 0 Å². The molecule has 2 rings (SSSR count). The number of phenolic OH excluding ortho intramolecular Hbond substituents is 1. The zero-order valence-corrected chi connectivity index (χ0v) is 11.1. The molecule has 0 spiro atoms. The SMILES string of the molecule is O=C(/C=C/c1ccccc1Br)c1ccccc1O. The maximum atomic E-state index is 11.9. The number of halogens is 1. The van der Waals surface area contributed by atoms with E-state index in [2.05, 4.69) is 15.9 Å². The Bertz CT molecular complexity index is 603. The molecule has 0 amide bonds. The number of rotatable bonds is 3. The van der Waals surface area contributed by atoms with Crippen LogP contribution >= 0.6 is 15.9 Å². The highest BCUT2D eigenvalue weighted by molar-refractivity contribution is 9.10. The second-order valence-electron chi connectivity index (χ2n) is 3.74. The number of allylic oxidation sites excluding steroid dienone is 1. The van der Waals surface area contributed by atoms with Gasteiger partial charge in [0.25, 0.3) is 0 Å². The van der Waals surface area contributed by atoms with E-state index in [9.17, 15) is 9.90 Å². The van der Waals surface area contributed by atoms with Crippen LogP contribution in [0, 0.1) is 0 Å². The first-order chi connectivity index (χ1) is 8.68. The van der Waals surface area contributed by atoms with Gasteiger partial charge in [0.2, 0.25) is 0 Å². The lowest BCUT2D eigenvalue weighted by Gasteiger charge is -2.00. The molecule has 0 aliphatic rings. The van der Waals surface area contributed by atoms with Crippen molar-refractivity contribution in [1.29, 1.82) is 0 Å². The molecule has 0 radical (unpaired) electrons. The van der Waals surface area contributed by atoms with Crippen molar-refractivity contribution < 1.29 is 9.90 Å². The van der Waals surface area contributed by atoms with E-state index in [4.69, 9.17) is 0 Å². The Morgan fingerprint density at radius 3 is 2.44 bits per heavy atom. The van der Waals surface area contributed by atoms with Gasteiger partial charge in [0.05, 0.1) is 5.56 Å². The van der Waals surface area contributed by atoms with Gasteiger partial charge in [-0.2, -0.15) is 0 Å². The van der Waals surface area contributed by atoms with E-state index >= 15 is 0 Å². The van der Waals surface area contributed by atoms with Gasteiger partial charge in [-0.3, -0.25) is 4.79 Å². The third-order valence-electron chi connectivity index (χ3n) is 2.49. The van der Waals surface area contributed by atoms with Crippen molar-refractivity contribution >= 4 is 27.8 Å². The quantitative estimate of drug-likeness (QED) is 0.686. The third-order valence-corrected chi connectivity index (χ3v) is 3.21. The molecular weight excluding hydrogens is 292 g/mol. The summed E-state index contributed by atoms with van der Waals surface area (Å²) in [6.07, 6.45) is 3.17. The summed E-state index contributed by atoms with van der Waals surface area (Å²) in [4.78, 5) is 11.9. The van der Waals surface area contributed by atoms with E-state index in [1.807, 2.05) is 24.3 Å². The number of hydrogen-bond donors (Lipinski definition) is 1. The summed E-state index contributed by atoms with van der Waals surface area (Å²) >= 11 is 3.41. The summed E-state index contributed by atoms with van der Waals surface area (Å²) in [5, 5.41) is 9.57. The fourth-order valence-corrected chi connectivity index (χ4v) is 1.96. The molecule has 90 valence electrons. The standard InChI is InChI=1S/C15H11BrO2/c16-13-7-3-1-5-11(13)9-10-15(18)12-6-2-4-8-14(12)17/h1-10,17H/b10-9+. The van der Waals surface area contributed by atoms with Crippen LogP contribution in [0.2, 0.25) is 0 Å². The maximum Gasteiger partial charge on any atom is 0.189 e. The van der Waals surface area contributed by atoms with E-state index in [1.165, 1.54) is 12.1 Å². The van der Waals surface area contributed by atoms with Crippen molar-refractivity contribution in [3.63, 3.8) is 0 Å². The minimum Gasteiger partial charge on any atom is -0.507 e. The number of carbonyl (C=O) groups is 1. The van der Waals surface area contributed by atoms with E-state index in [0.717, 1.165) is 10.0 Å². The Kier molecular flexibility index (Phi) is 3.95. The molecule has 0 bridgehead atoms. The van der Waals surface area contributed by atoms with Gasteiger partial charge in [0.1, 0.15) is 5.75 Å². The molecular formula is C15H11BrO2. The Morgan fingerprint density at radius 2 is 1.72 bits per heavy atom. The summed E-state index contributed by atoms with van der Waals surface area (Å²) in [5.74, 6) is -0.219. The van der Waals surface area contributed by atoms with Gasteiger partial charge in [-0.25, -0.2) is 0 Å². The molecule has 2 nitrogen and oxygen atoms in total. The molecule has 18 heavy (non-hydrogen) atoms. The van der Waals surface area contributed by atoms with Gasteiger partial charge in [-0.05, 0) is 35.9 Å². The molecule has 1 N–H and O–H groups in total. The Morgan fingerprint density at radius 1 is 1.06 bits per heavy atom. The van der Waals surface area contributed by atoms with Gasteiger partial charge in [0, 0.05) is 4.47 Å². The molecule has 0 heterocycles. The molecule has 0 saturated heterocycles.